The highest BCUT2D eigenvalue weighted by Crippen LogP contribution is 2.23. The molecule has 0 saturated carbocycles. The lowest BCUT2D eigenvalue weighted by Gasteiger charge is -2.40. The van der Waals surface area contributed by atoms with E-state index < -0.39 is 49.4 Å². The van der Waals surface area contributed by atoms with Gasteiger partial charge in [0.2, 0.25) is 0 Å². The van der Waals surface area contributed by atoms with Crippen LogP contribution in [-0.2, 0) is 19.0 Å². The Balaban J connectivity index is 2.58. The number of carbonyl (C=O) groups excluding carboxylic acids is 1. The second-order valence-corrected chi connectivity index (χ2v) is 4.42. The third-order valence-electron chi connectivity index (χ3n) is 2.90. The summed E-state index contributed by atoms with van der Waals surface area (Å²) >= 11 is 0. The van der Waals surface area contributed by atoms with Crippen LogP contribution in [0.5, 0.6) is 0 Å². The maximum atomic E-state index is 11.0. The van der Waals surface area contributed by atoms with Gasteiger partial charge in [-0.05, 0) is 6.92 Å². The van der Waals surface area contributed by atoms with Crippen molar-refractivity contribution in [3.05, 3.63) is 0 Å². The number of hydrogen-bond donors (Lipinski definition) is 4. The van der Waals surface area contributed by atoms with E-state index >= 15 is 0 Å². The molecule has 0 aromatic rings. The van der Waals surface area contributed by atoms with Gasteiger partial charge in [-0.1, -0.05) is 0 Å². The topological polar surface area (TPSA) is 126 Å². The van der Waals surface area contributed by atoms with Crippen molar-refractivity contribution < 1.29 is 39.4 Å². The second-order valence-electron chi connectivity index (χ2n) is 4.42. The van der Waals surface area contributed by atoms with Crippen LogP contribution in [0, 0.1) is 0 Å². The molecule has 0 aliphatic carbocycles. The van der Waals surface area contributed by atoms with Crippen molar-refractivity contribution >= 4 is 5.97 Å². The first-order valence-corrected chi connectivity index (χ1v) is 5.93. The monoisotopic (exact) mass is 280 g/mol. The Morgan fingerprint density at radius 1 is 1.26 bits per heavy atom. The van der Waals surface area contributed by atoms with E-state index in [0.29, 0.717) is 0 Å². The molecule has 19 heavy (non-hydrogen) atoms. The predicted octanol–water partition coefficient (Wildman–Crippen LogP) is -2.25. The minimum atomic E-state index is -1.50. The van der Waals surface area contributed by atoms with Crippen molar-refractivity contribution in [1.82, 2.24) is 0 Å². The van der Waals surface area contributed by atoms with Crippen LogP contribution in [0.15, 0.2) is 0 Å². The molecular weight excluding hydrogens is 260 g/mol. The van der Waals surface area contributed by atoms with E-state index in [-0.39, 0.29) is 6.42 Å². The molecule has 1 fully saturated rings. The van der Waals surface area contributed by atoms with Crippen molar-refractivity contribution in [3.8, 4) is 0 Å². The Hall–Kier alpha value is -0.770. The molecule has 0 radical (unpaired) electrons. The third-order valence-corrected chi connectivity index (χ3v) is 2.90. The fourth-order valence-corrected chi connectivity index (χ4v) is 1.77. The van der Waals surface area contributed by atoms with Crippen LogP contribution in [0.25, 0.3) is 0 Å². The molecule has 4 N–H and O–H groups in total. The molecule has 1 heterocycles. The minimum absolute atomic E-state index is 0.0501. The van der Waals surface area contributed by atoms with Crippen molar-refractivity contribution in [1.29, 1.82) is 0 Å². The van der Waals surface area contributed by atoms with Crippen LogP contribution in [0.4, 0.5) is 0 Å². The Morgan fingerprint density at radius 3 is 2.42 bits per heavy atom. The van der Waals surface area contributed by atoms with Gasteiger partial charge >= 0.3 is 5.97 Å². The molecule has 1 aliphatic rings. The first-order valence-electron chi connectivity index (χ1n) is 5.93. The summed E-state index contributed by atoms with van der Waals surface area (Å²) in [7, 11) is 1.24. The number of methoxy groups -OCH3 is 1. The molecule has 0 aromatic carbocycles. The molecule has 1 rings (SSSR count). The van der Waals surface area contributed by atoms with Crippen LogP contribution in [0.3, 0.4) is 0 Å². The van der Waals surface area contributed by atoms with Crippen molar-refractivity contribution in [2.75, 3.05) is 13.7 Å². The molecule has 112 valence electrons. The van der Waals surface area contributed by atoms with Gasteiger partial charge in [0.1, 0.15) is 24.4 Å². The summed E-state index contributed by atoms with van der Waals surface area (Å²) in [4.78, 5) is 11.0. The van der Waals surface area contributed by atoms with Crippen molar-refractivity contribution in [2.24, 2.45) is 0 Å². The highest BCUT2D eigenvalue weighted by molar-refractivity contribution is 5.69. The van der Waals surface area contributed by atoms with E-state index in [9.17, 15) is 20.1 Å². The second kappa shape index (κ2) is 7.13. The van der Waals surface area contributed by atoms with Crippen molar-refractivity contribution in [3.63, 3.8) is 0 Å². The van der Waals surface area contributed by atoms with Gasteiger partial charge in [0.15, 0.2) is 6.29 Å². The maximum absolute atomic E-state index is 11.0. The Morgan fingerprint density at radius 2 is 1.89 bits per heavy atom. The Bertz CT molecular complexity index is 294. The number of carbonyl (C=O) groups is 1. The van der Waals surface area contributed by atoms with E-state index in [1.807, 2.05) is 0 Å². The van der Waals surface area contributed by atoms with E-state index in [4.69, 9.17) is 14.6 Å². The lowest BCUT2D eigenvalue weighted by molar-refractivity contribution is -0.310. The molecule has 0 unspecified atom stereocenters. The number of rotatable bonds is 5. The summed E-state index contributed by atoms with van der Waals surface area (Å²) in [5, 5.41) is 37.8. The summed E-state index contributed by atoms with van der Waals surface area (Å²) in [5.41, 5.74) is 0. The van der Waals surface area contributed by atoms with E-state index in [1.165, 1.54) is 7.11 Å². The molecule has 1 aliphatic heterocycles. The standard InChI is InChI=1S/C11H20O8/c1-5(3-7(13)17-2)18-11-10(16)9(15)8(14)6(4-12)19-11/h5-6,8-12,14-16H,3-4H2,1-2H3/t5-,6-,8-,9+,10-,11-/m1/s1. The predicted molar refractivity (Wildman–Crippen MR) is 60.9 cm³/mol. The van der Waals surface area contributed by atoms with Gasteiger partial charge in [0, 0.05) is 0 Å². The lowest BCUT2D eigenvalue weighted by Crippen LogP contribution is -2.59. The molecule has 0 aromatic heterocycles. The van der Waals surface area contributed by atoms with Gasteiger partial charge in [-0.25, -0.2) is 0 Å². The first-order chi connectivity index (χ1) is 8.90. The zero-order chi connectivity index (χ0) is 14.6. The van der Waals surface area contributed by atoms with Crippen molar-refractivity contribution in [2.45, 2.75) is 50.2 Å². The highest BCUT2D eigenvalue weighted by Gasteiger charge is 2.44. The number of aliphatic hydroxyl groups is 4. The third kappa shape index (κ3) is 4.10. The molecule has 6 atom stereocenters. The van der Waals surface area contributed by atoms with E-state index in [1.54, 1.807) is 6.92 Å². The summed E-state index contributed by atoms with van der Waals surface area (Å²) in [5.74, 6) is -0.489. The maximum Gasteiger partial charge on any atom is 0.308 e. The van der Waals surface area contributed by atoms with Gasteiger partial charge in [-0.15, -0.1) is 0 Å². The molecule has 1 saturated heterocycles. The van der Waals surface area contributed by atoms with Crippen LogP contribution >= 0.6 is 0 Å². The number of ether oxygens (including phenoxy) is 3. The smallest absolute Gasteiger partial charge is 0.308 e. The summed E-state index contributed by atoms with van der Waals surface area (Å²) < 4.78 is 14.9. The molecule has 0 bridgehead atoms. The van der Waals surface area contributed by atoms with Crippen LogP contribution in [-0.4, -0.2) is 76.9 Å². The summed E-state index contributed by atoms with van der Waals surface area (Å²) in [6, 6.07) is 0. The van der Waals surface area contributed by atoms with E-state index in [2.05, 4.69) is 4.74 Å². The van der Waals surface area contributed by atoms with Crippen LogP contribution < -0.4 is 0 Å². The van der Waals surface area contributed by atoms with Gasteiger partial charge in [0.05, 0.1) is 26.2 Å². The fourth-order valence-electron chi connectivity index (χ4n) is 1.77. The first kappa shape index (κ1) is 16.3. The molecule has 0 amide bonds. The van der Waals surface area contributed by atoms with Gasteiger partial charge in [-0.2, -0.15) is 0 Å². The Labute approximate surface area is 110 Å². The largest absolute Gasteiger partial charge is 0.469 e. The van der Waals surface area contributed by atoms with Crippen LogP contribution in [0.2, 0.25) is 0 Å². The van der Waals surface area contributed by atoms with Gasteiger partial charge in [0.25, 0.3) is 0 Å². The normalized spacial score (nSPS) is 36.8. The van der Waals surface area contributed by atoms with Gasteiger partial charge < -0.3 is 34.6 Å². The van der Waals surface area contributed by atoms with Crippen LogP contribution in [0.1, 0.15) is 13.3 Å². The quantitative estimate of drug-likeness (QED) is 0.416. The molecule has 0 spiro atoms. The average Bonchev–Trinajstić information content (AvgIpc) is 2.39. The zero-order valence-corrected chi connectivity index (χ0v) is 10.8. The lowest BCUT2D eigenvalue weighted by atomic mass is 9.99. The Kier molecular flexibility index (Phi) is 6.11. The molecule has 8 heteroatoms. The number of esters is 1. The summed E-state index contributed by atoms with van der Waals surface area (Å²) in [6.07, 6.45) is -7.35. The molecular formula is C11H20O8. The zero-order valence-electron chi connectivity index (χ0n) is 10.8. The van der Waals surface area contributed by atoms with Gasteiger partial charge in [-0.3, -0.25) is 4.79 Å². The average molecular weight is 280 g/mol. The molecule has 8 nitrogen and oxygen atoms in total. The van der Waals surface area contributed by atoms with E-state index in [0.717, 1.165) is 0 Å². The number of aliphatic hydroxyl groups excluding tert-OH is 4. The minimum Gasteiger partial charge on any atom is -0.469 e. The highest BCUT2D eigenvalue weighted by atomic mass is 16.7. The fraction of sp³-hybridized carbons (Fsp3) is 0.909. The summed E-state index contributed by atoms with van der Waals surface area (Å²) in [6.45, 7) is 1.04. The SMILES string of the molecule is COC(=O)C[C@@H](C)O[C@@H]1O[C@H](CO)[C@@H](O)[C@H](O)[C@H]1O. The number of hydrogen-bond acceptors (Lipinski definition) is 8.